The Hall–Kier alpha value is -1.25. The van der Waals surface area contributed by atoms with E-state index >= 15 is 0 Å². The van der Waals surface area contributed by atoms with Crippen LogP contribution in [0.2, 0.25) is 0 Å². The topological polar surface area (TPSA) is 60.7 Å². The second-order valence-electron chi connectivity index (χ2n) is 6.46. The maximum absolute atomic E-state index is 10.8. The van der Waals surface area contributed by atoms with E-state index < -0.39 is 7.28 Å². The molecule has 3 N–H and O–H groups in total. The summed E-state index contributed by atoms with van der Waals surface area (Å²) in [4.78, 5) is 32.5. The normalized spacial score (nSPS) is 13.4. The molecule has 0 radical (unpaired) electrons. The molecular weight excluding hydrogens is 319 g/mol. The summed E-state index contributed by atoms with van der Waals surface area (Å²) in [6.07, 6.45) is 7.81. The molecule has 0 aliphatic carbocycles. The number of rotatable bonds is 9. The Bertz CT molecular complexity index is 632. The van der Waals surface area contributed by atoms with Crippen LogP contribution in [0.15, 0.2) is 54.6 Å². The molecule has 132 valence electrons. The van der Waals surface area contributed by atoms with Crippen LogP contribution >= 0.6 is 7.28 Å². The molecule has 0 aliphatic heterocycles. The van der Waals surface area contributed by atoms with Gasteiger partial charge in [-0.25, -0.2) is 0 Å². The van der Waals surface area contributed by atoms with Gasteiger partial charge >= 0.3 is 145 Å². The third-order valence-corrected chi connectivity index (χ3v) is 7.04. The van der Waals surface area contributed by atoms with Crippen LogP contribution in [0.5, 0.6) is 0 Å². The van der Waals surface area contributed by atoms with E-state index in [1.807, 2.05) is 12.1 Å². The summed E-state index contributed by atoms with van der Waals surface area (Å²) in [5.74, 6) is 0. The van der Waals surface area contributed by atoms with Gasteiger partial charge in [0.2, 0.25) is 0 Å². The summed E-state index contributed by atoms with van der Waals surface area (Å²) < 4.78 is 0. The third-order valence-electron chi connectivity index (χ3n) is 4.47. The van der Waals surface area contributed by atoms with Gasteiger partial charge in [-0.1, -0.05) is 0 Å². The van der Waals surface area contributed by atoms with Crippen molar-refractivity contribution < 1.29 is 14.7 Å². The van der Waals surface area contributed by atoms with Crippen LogP contribution in [0.3, 0.4) is 0 Å². The van der Waals surface area contributed by atoms with Crippen LogP contribution in [-0.4, -0.2) is 14.7 Å². The summed E-state index contributed by atoms with van der Waals surface area (Å²) in [5, 5.41) is 0.446. The van der Waals surface area contributed by atoms with E-state index in [0.29, 0.717) is 0 Å². The Morgan fingerprint density at radius 2 is 1.29 bits per heavy atom. The molecule has 0 spiro atoms. The molecule has 0 bridgehead atoms. The zero-order valence-electron chi connectivity index (χ0n) is 14.4. The molecule has 4 heteroatoms. The number of unbranched alkanes of at least 4 members (excludes halogenated alkanes) is 5. The first kappa shape index (κ1) is 19.1. The molecule has 24 heavy (non-hydrogen) atoms. The summed E-state index contributed by atoms with van der Waals surface area (Å²) in [6.45, 7) is 2.20. The van der Waals surface area contributed by atoms with E-state index in [9.17, 15) is 14.7 Å². The van der Waals surface area contributed by atoms with Gasteiger partial charge in [-0.15, -0.1) is 0 Å². The number of hydrogen-bond acceptors (Lipinski definition) is 3. The maximum atomic E-state index is 10.8. The summed E-state index contributed by atoms with van der Waals surface area (Å²) in [7, 11) is -5.07. The molecule has 0 aliphatic rings. The number of aryl methyl sites for hydroxylation is 1. The monoisotopic (exact) mass is 348 g/mol. The molecule has 2 aromatic rings. The van der Waals surface area contributed by atoms with Crippen molar-refractivity contribution in [1.82, 2.24) is 0 Å². The molecule has 0 aromatic heterocycles. The number of hydrogen-bond donors (Lipinski definition) is 3. The molecule has 0 heterocycles. The van der Waals surface area contributed by atoms with Gasteiger partial charge < -0.3 is 0 Å². The standard InChI is InChI=1S/C20H29O3P/c1-2-3-4-5-6-8-13-18-14-11-12-17-20(18)24(21,22,23)19-15-9-7-10-16-19/h7,9-12,14-17,21-23H,2-6,8,13H2,1H3. The van der Waals surface area contributed by atoms with Gasteiger partial charge in [0, 0.05) is 0 Å². The summed E-state index contributed by atoms with van der Waals surface area (Å²) in [6, 6.07) is 15.5. The summed E-state index contributed by atoms with van der Waals surface area (Å²) in [5.41, 5.74) is 0.821. The Kier molecular flexibility index (Phi) is 6.54. The molecule has 0 saturated carbocycles. The predicted octanol–water partition coefficient (Wildman–Crippen LogP) is 3.82. The SMILES string of the molecule is CCCCCCCCc1ccccc1P(O)(O)(O)c1ccccc1. The molecule has 0 amide bonds. The molecule has 3 nitrogen and oxygen atoms in total. The van der Waals surface area contributed by atoms with Crippen LogP contribution in [-0.2, 0) is 6.42 Å². The second-order valence-corrected chi connectivity index (χ2v) is 9.42. The fraction of sp³-hybridized carbons (Fsp3) is 0.400. The van der Waals surface area contributed by atoms with Gasteiger partial charge in [-0.3, -0.25) is 0 Å². The van der Waals surface area contributed by atoms with Crippen molar-refractivity contribution in [1.29, 1.82) is 0 Å². The summed E-state index contributed by atoms with van der Waals surface area (Å²) >= 11 is 0. The fourth-order valence-corrected chi connectivity index (χ4v) is 5.14. The Morgan fingerprint density at radius 1 is 0.708 bits per heavy atom. The Morgan fingerprint density at radius 3 is 2.00 bits per heavy atom. The second kappa shape index (κ2) is 8.22. The first-order valence-corrected chi connectivity index (χ1v) is 10.9. The van der Waals surface area contributed by atoms with Crippen LogP contribution in [0.4, 0.5) is 0 Å². The Balaban J connectivity index is 2.16. The van der Waals surface area contributed by atoms with Gasteiger partial charge in [0.1, 0.15) is 0 Å². The molecular formula is C20H29O3P. The van der Waals surface area contributed by atoms with Crippen molar-refractivity contribution in [3.63, 3.8) is 0 Å². The fourth-order valence-electron chi connectivity index (χ4n) is 3.06. The minimum atomic E-state index is -5.07. The molecule has 0 saturated heterocycles. The van der Waals surface area contributed by atoms with Gasteiger partial charge in [-0.05, 0) is 0 Å². The first-order chi connectivity index (χ1) is 11.4. The van der Waals surface area contributed by atoms with Gasteiger partial charge in [0.25, 0.3) is 0 Å². The van der Waals surface area contributed by atoms with E-state index in [4.69, 9.17) is 0 Å². The van der Waals surface area contributed by atoms with Crippen molar-refractivity contribution in [2.75, 3.05) is 0 Å². The van der Waals surface area contributed by atoms with E-state index in [0.717, 1.165) is 24.8 Å². The van der Waals surface area contributed by atoms with Crippen LogP contribution in [0, 0.1) is 0 Å². The Labute approximate surface area is 145 Å². The van der Waals surface area contributed by atoms with Crippen molar-refractivity contribution in [2.45, 2.75) is 51.9 Å². The zero-order chi connectivity index (χ0) is 17.5. The van der Waals surface area contributed by atoms with E-state index in [2.05, 4.69) is 6.92 Å². The molecule has 2 aromatic carbocycles. The number of benzene rings is 2. The van der Waals surface area contributed by atoms with Crippen molar-refractivity contribution in [3.05, 3.63) is 60.2 Å². The van der Waals surface area contributed by atoms with Crippen LogP contribution in [0.25, 0.3) is 0 Å². The van der Waals surface area contributed by atoms with Crippen molar-refractivity contribution in [3.8, 4) is 0 Å². The van der Waals surface area contributed by atoms with E-state index in [1.54, 1.807) is 42.5 Å². The predicted molar refractivity (Wildman–Crippen MR) is 103 cm³/mol. The van der Waals surface area contributed by atoms with Crippen LogP contribution in [0.1, 0.15) is 51.0 Å². The molecule has 0 fully saturated rings. The van der Waals surface area contributed by atoms with E-state index in [1.165, 1.54) is 25.7 Å². The third kappa shape index (κ3) is 4.64. The molecule has 0 unspecified atom stereocenters. The van der Waals surface area contributed by atoms with Gasteiger partial charge in [-0.2, -0.15) is 0 Å². The van der Waals surface area contributed by atoms with E-state index in [-0.39, 0.29) is 10.6 Å². The molecule has 2 rings (SSSR count). The average molecular weight is 348 g/mol. The first-order valence-electron chi connectivity index (χ1n) is 8.85. The van der Waals surface area contributed by atoms with Gasteiger partial charge in [0.05, 0.1) is 0 Å². The zero-order valence-corrected chi connectivity index (χ0v) is 15.3. The van der Waals surface area contributed by atoms with Crippen molar-refractivity contribution in [2.24, 2.45) is 0 Å². The van der Waals surface area contributed by atoms with Crippen molar-refractivity contribution >= 4 is 17.9 Å². The van der Waals surface area contributed by atoms with Crippen LogP contribution < -0.4 is 10.6 Å². The average Bonchev–Trinajstić information content (AvgIpc) is 2.59. The molecule has 0 atom stereocenters. The minimum absolute atomic E-state index is 0.180. The van der Waals surface area contributed by atoms with Gasteiger partial charge in [0.15, 0.2) is 0 Å². The quantitative estimate of drug-likeness (QED) is 0.477.